The van der Waals surface area contributed by atoms with E-state index in [1.807, 2.05) is 0 Å². The number of sulfone groups is 1. The van der Waals surface area contributed by atoms with E-state index in [0.717, 1.165) is 25.6 Å². The van der Waals surface area contributed by atoms with Crippen LogP contribution in [0.15, 0.2) is 0 Å². The third-order valence-corrected chi connectivity index (χ3v) is 4.68. The van der Waals surface area contributed by atoms with Crippen molar-refractivity contribution in [2.45, 2.75) is 26.7 Å². The van der Waals surface area contributed by atoms with Gasteiger partial charge in [-0.3, -0.25) is 0 Å². The molecule has 0 aromatic rings. The molecule has 1 aliphatic rings. The zero-order valence-corrected chi connectivity index (χ0v) is 10.0. The number of nitrogens with zero attached hydrogens (tertiary/aromatic N) is 1. The molecule has 1 saturated heterocycles. The summed E-state index contributed by atoms with van der Waals surface area (Å²) in [5.74, 6) is 1.47. The van der Waals surface area contributed by atoms with Gasteiger partial charge >= 0.3 is 0 Å². The Labute approximate surface area is 87.4 Å². The van der Waals surface area contributed by atoms with Crippen molar-refractivity contribution in [1.82, 2.24) is 4.90 Å². The Morgan fingerprint density at radius 1 is 1.29 bits per heavy atom. The molecule has 1 rings (SSSR count). The monoisotopic (exact) mass is 219 g/mol. The van der Waals surface area contributed by atoms with Gasteiger partial charge in [-0.1, -0.05) is 20.3 Å². The fourth-order valence-electron chi connectivity index (χ4n) is 1.58. The van der Waals surface area contributed by atoms with Crippen LogP contribution in [0.25, 0.3) is 0 Å². The quantitative estimate of drug-likeness (QED) is 0.712. The van der Waals surface area contributed by atoms with Crippen LogP contribution in [0.1, 0.15) is 26.7 Å². The Hall–Kier alpha value is -0.0900. The van der Waals surface area contributed by atoms with E-state index in [1.54, 1.807) is 0 Å². The van der Waals surface area contributed by atoms with E-state index < -0.39 is 9.84 Å². The molecular formula is C10H21NO2S. The average Bonchev–Trinajstić information content (AvgIpc) is 2.16. The van der Waals surface area contributed by atoms with Gasteiger partial charge in [0.25, 0.3) is 0 Å². The van der Waals surface area contributed by atoms with Crippen LogP contribution in [-0.4, -0.2) is 44.5 Å². The fraction of sp³-hybridized carbons (Fsp3) is 1.00. The van der Waals surface area contributed by atoms with Gasteiger partial charge in [-0.2, -0.15) is 0 Å². The molecule has 1 aliphatic heterocycles. The lowest BCUT2D eigenvalue weighted by Crippen LogP contribution is -2.40. The second-order valence-corrected chi connectivity index (χ2v) is 6.60. The zero-order chi connectivity index (χ0) is 10.6. The number of hydrogen-bond acceptors (Lipinski definition) is 3. The molecule has 1 atom stereocenters. The SMILES string of the molecule is CCC(C)CCN1CCS(=O)(=O)CC1. The minimum atomic E-state index is -2.70. The summed E-state index contributed by atoms with van der Waals surface area (Å²) >= 11 is 0. The molecule has 0 radical (unpaired) electrons. The molecule has 1 heterocycles. The van der Waals surface area contributed by atoms with Gasteiger partial charge in [0.15, 0.2) is 9.84 Å². The molecule has 4 heteroatoms. The molecule has 0 aliphatic carbocycles. The standard InChI is InChI=1S/C10H21NO2S/c1-3-10(2)4-5-11-6-8-14(12,13)9-7-11/h10H,3-9H2,1-2H3. The predicted molar refractivity (Wildman–Crippen MR) is 59.2 cm³/mol. The first-order valence-electron chi connectivity index (χ1n) is 5.46. The lowest BCUT2D eigenvalue weighted by Gasteiger charge is -2.27. The third kappa shape index (κ3) is 3.96. The summed E-state index contributed by atoms with van der Waals surface area (Å²) in [6, 6.07) is 0. The van der Waals surface area contributed by atoms with Crippen molar-refractivity contribution >= 4 is 9.84 Å². The third-order valence-electron chi connectivity index (χ3n) is 3.07. The van der Waals surface area contributed by atoms with E-state index in [9.17, 15) is 8.42 Å². The lowest BCUT2D eigenvalue weighted by atomic mass is 10.1. The van der Waals surface area contributed by atoms with Crippen molar-refractivity contribution in [2.24, 2.45) is 5.92 Å². The maximum absolute atomic E-state index is 11.2. The van der Waals surface area contributed by atoms with Gasteiger partial charge in [0.05, 0.1) is 11.5 Å². The van der Waals surface area contributed by atoms with Crippen molar-refractivity contribution in [3.63, 3.8) is 0 Å². The maximum Gasteiger partial charge on any atom is 0.152 e. The smallest absolute Gasteiger partial charge is 0.152 e. The summed E-state index contributed by atoms with van der Waals surface area (Å²) in [5, 5.41) is 0. The van der Waals surface area contributed by atoms with Crippen LogP contribution in [0.5, 0.6) is 0 Å². The van der Waals surface area contributed by atoms with E-state index in [2.05, 4.69) is 18.7 Å². The first kappa shape index (κ1) is 12.0. The van der Waals surface area contributed by atoms with E-state index in [1.165, 1.54) is 12.8 Å². The summed E-state index contributed by atoms with van der Waals surface area (Å²) in [6.45, 7) is 6.98. The van der Waals surface area contributed by atoms with Gasteiger partial charge in [0.2, 0.25) is 0 Å². The molecule has 0 spiro atoms. The second kappa shape index (κ2) is 5.12. The van der Waals surface area contributed by atoms with Crippen molar-refractivity contribution in [3.05, 3.63) is 0 Å². The molecule has 0 aromatic carbocycles. The number of rotatable bonds is 4. The van der Waals surface area contributed by atoms with Crippen LogP contribution in [0, 0.1) is 5.92 Å². The molecule has 3 nitrogen and oxygen atoms in total. The second-order valence-electron chi connectivity index (χ2n) is 4.30. The van der Waals surface area contributed by atoms with E-state index in [0.29, 0.717) is 11.5 Å². The highest BCUT2D eigenvalue weighted by molar-refractivity contribution is 7.91. The van der Waals surface area contributed by atoms with Crippen LogP contribution < -0.4 is 0 Å². The molecule has 84 valence electrons. The van der Waals surface area contributed by atoms with Crippen LogP contribution >= 0.6 is 0 Å². The summed E-state index contributed by atoms with van der Waals surface area (Å²) < 4.78 is 22.3. The molecule has 0 N–H and O–H groups in total. The molecule has 0 bridgehead atoms. The molecule has 1 unspecified atom stereocenters. The van der Waals surface area contributed by atoms with Crippen molar-refractivity contribution in [3.8, 4) is 0 Å². The Morgan fingerprint density at radius 3 is 2.36 bits per heavy atom. The highest BCUT2D eigenvalue weighted by Crippen LogP contribution is 2.10. The first-order chi connectivity index (χ1) is 6.53. The summed E-state index contributed by atoms with van der Waals surface area (Å²) in [5.41, 5.74) is 0. The topological polar surface area (TPSA) is 37.4 Å². The van der Waals surface area contributed by atoms with Crippen LogP contribution in [-0.2, 0) is 9.84 Å². The van der Waals surface area contributed by atoms with Gasteiger partial charge in [0, 0.05) is 13.1 Å². The molecule has 0 amide bonds. The van der Waals surface area contributed by atoms with Gasteiger partial charge in [-0.05, 0) is 18.9 Å². The van der Waals surface area contributed by atoms with Crippen LogP contribution in [0.4, 0.5) is 0 Å². The van der Waals surface area contributed by atoms with E-state index in [4.69, 9.17) is 0 Å². The maximum atomic E-state index is 11.2. The summed E-state index contributed by atoms with van der Waals surface area (Å²) in [4.78, 5) is 2.27. The Bertz CT molecular complexity index is 247. The van der Waals surface area contributed by atoms with Gasteiger partial charge in [-0.25, -0.2) is 8.42 Å². The minimum absolute atomic E-state index is 0.355. The van der Waals surface area contributed by atoms with Gasteiger partial charge in [-0.15, -0.1) is 0 Å². The van der Waals surface area contributed by atoms with Crippen molar-refractivity contribution < 1.29 is 8.42 Å². The molecule has 1 fully saturated rings. The van der Waals surface area contributed by atoms with Crippen molar-refractivity contribution in [2.75, 3.05) is 31.1 Å². The molecule has 0 saturated carbocycles. The Morgan fingerprint density at radius 2 is 1.86 bits per heavy atom. The summed E-state index contributed by atoms with van der Waals surface area (Å²) in [7, 11) is -2.70. The largest absolute Gasteiger partial charge is 0.301 e. The normalized spacial score (nSPS) is 24.7. The molecule has 0 aromatic heterocycles. The van der Waals surface area contributed by atoms with Crippen LogP contribution in [0.2, 0.25) is 0 Å². The molecular weight excluding hydrogens is 198 g/mol. The highest BCUT2D eigenvalue weighted by atomic mass is 32.2. The van der Waals surface area contributed by atoms with E-state index in [-0.39, 0.29) is 0 Å². The Balaban J connectivity index is 2.23. The van der Waals surface area contributed by atoms with Gasteiger partial charge < -0.3 is 4.90 Å². The number of hydrogen-bond donors (Lipinski definition) is 0. The minimum Gasteiger partial charge on any atom is -0.301 e. The zero-order valence-electron chi connectivity index (χ0n) is 9.20. The van der Waals surface area contributed by atoms with Crippen LogP contribution in [0.3, 0.4) is 0 Å². The van der Waals surface area contributed by atoms with Crippen molar-refractivity contribution in [1.29, 1.82) is 0 Å². The fourth-order valence-corrected chi connectivity index (χ4v) is 2.86. The predicted octanol–water partition coefficient (Wildman–Crippen LogP) is 1.15. The average molecular weight is 219 g/mol. The lowest BCUT2D eigenvalue weighted by molar-refractivity contribution is 0.271. The van der Waals surface area contributed by atoms with E-state index >= 15 is 0 Å². The summed E-state index contributed by atoms with van der Waals surface area (Å²) in [6.07, 6.45) is 2.41. The molecule has 14 heavy (non-hydrogen) atoms. The Kier molecular flexibility index (Phi) is 4.38. The first-order valence-corrected chi connectivity index (χ1v) is 7.28. The van der Waals surface area contributed by atoms with Gasteiger partial charge in [0.1, 0.15) is 0 Å². The highest BCUT2D eigenvalue weighted by Gasteiger charge is 2.21.